The maximum atomic E-state index is 13.9. The molecule has 1 aliphatic heterocycles. The van der Waals surface area contributed by atoms with E-state index >= 15 is 0 Å². The molecule has 1 aromatic carbocycles. The van der Waals surface area contributed by atoms with Crippen LogP contribution in [0.2, 0.25) is 0 Å². The minimum Gasteiger partial charge on any atom is -0.396 e. The Morgan fingerprint density at radius 2 is 2.26 bits per heavy atom. The molecular formula is C14H20FNO3. The van der Waals surface area contributed by atoms with Crippen LogP contribution in [-0.2, 0) is 15.0 Å². The fourth-order valence-electron chi connectivity index (χ4n) is 2.65. The molecule has 106 valence electrons. The summed E-state index contributed by atoms with van der Waals surface area (Å²) in [4.78, 5) is 0. The fourth-order valence-corrected chi connectivity index (χ4v) is 2.65. The molecule has 0 bridgehead atoms. The summed E-state index contributed by atoms with van der Waals surface area (Å²) in [6.07, 6.45) is 0.445. The summed E-state index contributed by atoms with van der Waals surface area (Å²) in [5.74, 6) is -0.615. The molecule has 0 aliphatic carbocycles. The van der Waals surface area contributed by atoms with Crippen LogP contribution in [0.4, 0.5) is 4.39 Å². The molecule has 4 nitrogen and oxygen atoms in total. The number of nitrogens with two attached hydrogens (primary N) is 1. The molecule has 19 heavy (non-hydrogen) atoms. The van der Waals surface area contributed by atoms with Gasteiger partial charge in [-0.05, 0) is 12.5 Å². The summed E-state index contributed by atoms with van der Waals surface area (Å²) < 4.78 is 24.6. The first-order valence-electron chi connectivity index (χ1n) is 6.37. The van der Waals surface area contributed by atoms with Crippen molar-refractivity contribution in [1.82, 2.24) is 0 Å². The first-order chi connectivity index (χ1) is 9.11. The van der Waals surface area contributed by atoms with E-state index in [9.17, 15) is 9.50 Å². The number of benzene rings is 1. The molecule has 1 heterocycles. The topological polar surface area (TPSA) is 64.7 Å². The van der Waals surface area contributed by atoms with Crippen LogP contribution < -0.4 is 5.73 Å². The van der Waals surface area contributed by atoms with E-state index in [1.165, 1.54) is 6.07 Å². The molecule has 3 N–H and O–H groups in total. The lowest BCUT2D eigenvalue weighted by molar-refractivity contribution is -0.0984. The zero-order chi connectivity index (χ0) is 13.9. The summed E-state index contributed by atoms with van der Waals surface area (Å²) in [6.45, 7) is 0.519. The number of hydrogen-bond acceptors (Lipinski definition) is 4. The Morgan fingerprint density at radius 1 is 1.53 bits per heavy atom. The lowest BCUT2D eigenvalue weighted by atomic mass is 9.75. The lowest BCUT2D eigenvalue weighted by Gasteiger charge is -2.43. The van der Waals surface area contributed by atoms with E-state index in [0.29, 0.717) is 18.6 Å². The third-order valence-electron chi connectivity index (χ3n) is 3.78. The van der Waals surface area contributed by atoms with Gasteiger partial charge < -0.3 is 20.3 Å². The zero-order valence-electron chi connectivity index (χ0n) is 11.0. The van der Waals surface area contributed by atoms with Gasteiger partial charge in [-0.2, -0.15) is 0 Å². The molecule has 0 radical (unpaired) electrons. The predicted molar refractivity (Wildman–Crippen MR) is 69.1 cm³/mol. The monoisotopic (exact) mass is 269 g/mol. The molecular weight excluding hydrogens is 249 g/mol. The van der Waals surface area contributed by atoms with Gasteiger partial charge in [0.15, 0.2) is 0 Å². The van der Waals surface area contributed by atoms with Gasteiger partial charge in [-0.3, -0.25) is 0 Å². The van der Waals surface area contributed by atoms with E-state index in [1.807, 2.05) is 0 Å². The summed E-state index contributed by atoms with van der Waals surface area (Å²) in [7, 11) is 1.60. The highest BCUT2D eigenvalue weighted by molar-refractivity contribution is 5.28. The van der Waals surface area contributed by atoms with E-state index in [1.54, 1.807) is 25.3 Å². The van der Waals surface area contributed by atoms with Crippen molar-refractivity contribution < 1.29 is 19.0 Å². The molecule has 1 fully saturated rings. The summed E-state index contributed by atoms with van der Waals surface area (Å²) in [5.41, 5.74) is 5.73. The minimum atomic E-state index is -0.996. The quantitative estimate of drug-likeness (QED) is 0.856. The Labute approximate surface area is 112 Å². The first kappa shape index (κ1) is 14.4. The molecule has 0 aromatic heterocycles. The van der Waals surface area contributed by atoms with E-state index in [4.69, 9.17) is 15.2 Å². The van der Waals surface area contributed by atoms with Crippen molar-refractivity contribution in [1.29, 1.82) is 0 Å². The Morgan fingerprint density at radius 3 is 2.89 bits per heavy atom. The summed E-state index contributed by atoms with van der Waals surface area (Å²) in [6, 6.07) is 6.38. The van der Waals surface area contributed by atoms with Crippen LogP contribution >= 0.6 is 0 Å². The van der Waals surface area contributed by atoms with Gasteiger partial charge in [0.2, 0.25) is 0 Å². The van der Waals surface area contributed by atoms with Crippen molar-refractivity contribution in [3.05, 3.63) is 35.6 Å². The second-order valence-electron chi connectivity index (χ2n) is 5.02. The number of halogens is 1. The highest BCUT2D eigenvalue weighted by Gasteiger charge is 2.43. The van der Waals surface area contributed by atoms with Crippen LogP contribution in [0.5, 0.6) is 0 Å². The number of methoxy groups -OCH3 is 1. The number of aliphatic hydroxyl groups excluding tert-OH is 1. The van der Waals surface area contributed by atoms with Crippen LogP contribution in [0, 0.1) is 11.7 Å². The van der Waals surface area contributed by atoms with Crippen LogP contribution in [-0.4, -0.2) is 38.1 Å². The number of ether oxygens (including phenoxy) is 2. The molecule has 5 heteroatoms. The zero-order valence-corrected chi connectivity index (χ0v) is 11.0. The molecule has 2 unspecified atom stereocenters. The molecule has 1 aromatic rings. The molecule has 0 spiro atoms. The number of rotatable bonds is 4. The first-order valence-corrected chi connectivity index (χ1v) is 6.37. The standard InChI is InChI=1S/C14H20FNO3/c1-18-8-11-6-10(7-17)14(16,9-19-11)12-4-2-3-5-13(12)15/h2-5,10-11,17H,6-9,16H2,1H3/t10?,11-,14?/m1/s1. The van der Waals surface area contributed by atoms with E-state index in [0.717, 1.165) is 0 Å². The molecule has 1 aliphatic rings. The van der Waals surface area contributed by atoms with Crippen LogP contribution in [0.25, 0.3) is 0 Å². The van der Waals surface area contributed by atoms with E-state index in [-0.39, 0.29) is 31.1 Å². The van der Waals surface area contributed by atoms with Gasteiger partial charge in [-0.25, -0.2) is 4.39 Å². The van der Waals surface area contributed by atoms with Crippen molar-refractivity contribution in [2.24, 2.45) is 11.7 Å². The second-order valence-corrected chi connectivity index (χ2v) is 5.02. The van der Waals surface area contributed by atoms with Gasteiger partial charge in [0.1, 0.15) is 5.82 Å². The van der Waals surface area contributed by atoms with Crippen LogP contribution in [0.3, 0.4) is 0 Å². The minimum absolute atomic E-state index is 0.103. The average molecular weight is 269 g/mol. The van der Waals surface area contributed by atoms with Crippen molar-refractivity contribution in [2.75, 3.05) is 26.9 Å². The average Bonchev–Trinajstić information content (AvgIpc) is 2.41. The summed E-state index contributed by atoms with van der Waals surface area (Å²) in [5, 5.41) is 9.57. The van der Waals surface area contributed by atoms with Gasteiger partial charge in [0.05, 0.1) is 24.9 Å². The fraction of sp³-hybridized carbons (Fsp3) is 0.571. The van der Waals surface area contributed by atoms with Gasteiger partial charge in [-0.1, -0.05) is 18.2 Å². The highest BCUT2D eigenvalue weighted by Crippen LogP contribution is 2.36. The lowest BCUT2D eigenvalue weighted by Crippen LogP contribution is -2.55. The predicted octanol–water partition coefficient (Wildman–Crippen LogP) is 1.02. The maximum Gasteiger partial charge on any atom is 0.128 e. The Kier molecular flexibility index (Phi) is 4.52. The van der Waals surface area contributed by atoms with Crippen molar-refractivity contribution >= 4 is 0 Å². The third-order valence-corrected chi connectivity index (χ3v) is 3.78. The van der Waals surface area contributed by atoms with Crippen molar-refractivity contribution in [3.63, 3.8) is 0 Å². The normalized spacial score (nSPS) is 31.4. The molecule has 1 saturated heterocycles. The second kappa shape index (κ2) is 5.96. The largest absolute Gasteiger partial charge is 0.396 e. The summed E-state index contributed by atoms with van der Waals surface area (Å²) >= 11 is 0. The Bertz CT molecular complexity index is 429. The van der Waals surface area contributed by atoms with Crippen molar-refractivity contribution in [2.45, 2.75) is 18.1 Å². The molecule has 3 atom stereocenters. The maximum absolute atomic E-state index is 13.9. The Balaban J connectivity index is 2.25. The highest BCUT2D eigenvalue weighted by atomic mass is 19.1. The number of hydrogen-bond donors (Lipinski definition) is 2. The van der Waals surface area contributed by atoms with Gasteiger partial charge in [0.25, 0.3) is 0 Å². The van der Waals surface area contributed by atoms with Gasteiger partial charge in [0, 0.05) is 25.2 Å². The van der Waals surface area contributed by atoms with E-state index in [2.05, 4.69) is 0 Å². The van der Waals surface area contributed by atoms with Crippen LogP contribution in [0.15, 0.2) is 24.3 Å². The van der Waals surface area contributed by atoms with Gasteiger partial charge >= 0.3 is 0 Å². The molecule has 2 rings (SSSR count). The van der Waals surface area contributed by atoms with Gasteiger partial charge in [-0.15, -0.1) is 0 Å². The SMILES string of the molecule is COC[C@H]1CC(CO)C(N)(c2ccccc2F)CO1. The van der Waals surface area contributed by atoms with E-state index < -0.39 is 5.54 Å². The molecule has 0 amide bonds. The van der Waals surface area contributed by atoms with Crippen molar-refractivity contribution in [3.8, 4) is 0 Å². The molecule has 0 saturated carbocycles. The number of aliphatic hydroxyl groups is 1. The third kappa shape index (κ3) is 2.79. The smallest absolute Gasteiger partial charge is 0.128 e. The Hall–Kier alpha value is -1.01. The van der Waals surface area contributed by atoms with Crippen LogP contribution in [0.1, 0.15) is 12.0 Å².